The number of nitrogens with zero attached hydrogens (tertiary/aromatic N) is 3. The molecule has 0 saturated carbocycles. The third kappa shape index (κ3) is 4.39. The number of fused-ring (bicyclic) bond motifs is 1. The first-order valence-electron chi connectivity index (χ1n) is 7.71. The smallest absolute Gasteiger partial charge is 0.277 e. The van der Waals surface area contributed by atoms with Crippen LogP contribution in [0.2, 0.25) is 0 Å². The lowest BCUT2D eigenvalue weighted by Gasteiger charge is -2.21. The van der Waals surface area contributed by atoms with Gasteiger partial charge < -0.3 is 9.80 Å². The average molecular weight is 382 g/mol. The molecule has 2 heterocycles. The first-order chi connectivity index (χ1) is 10.9. The lowest BCUT2D eigenvalue weighted by molar-refractivity contribution is -0.886. The molecule has 0 bridgehead atoms. The van der Waals surface area contributed by atoms with E-state index in [1.165, 1.54) is 10.5 Å². The van der Waals surface area contributed by atoms with Gasteiger partial charge in [-0.1, -0.05) is 0 Å². The fourth-order valence-corrected chi connectivity index (χ4v) is 2.87. The zero-order valence-electron chi connectivity index (χ0n) is 13.7. The summed E-state index contributed by atoms with van der Waals surface area (Å²) in [7, 11) is 1.94. The molecule has 0 spiro atoms. The predicted octanol–water partition coefficient (Wildman–Crippen LogP) is 0.340. The largest absolute Gasteiger partial charge is 0.338 e. The summed E-state index contributed by atoms with van der Waals surface area (Å²) < 4.78 is 2.33. The van der Waals surface area contributed by atoms with Gasteiger partial charge in [0, 0.05) is 29.8 Å². The lowest BCUT2D eigenvalue weighted by Crippen LogP contribution is -3.09. The summed E-state index contributed by atoms with van der Waals surface area (Å²) >= 11 is 3.35. The predicted molar refractivity (Wildman–Crippen MR) is 92.5 cm³/mol. The van der Waals surface area contributed by atoms with Gasteiger partial charge in [0.2, 0.25) is 0 Å². The highest BCUT2D eigenvalue weighted by molar-refractivity contribution is 9.10. The van der Waals surface area contributed by atoms with Crippen molar-refractivity contribution in [3.05, 3.63) is 44.9 Å². The van der Waals surface area contributed by atoms with E-state index in [9.17, 15) is 9.59 Å². The average Bonchev–Trinajstić information content (AvgIpc) is 2.49. The Bertz CT molecular complexity index is 755. The van der Waals surface area contributed by atoms with Crippen LogP contribution < -0.4 is 10.5 Å². The highest BCUT2D eigenvalue weighted by Gasteiger charge is 2.16. The Morgan fingerprint density at radius 2 is 2.04 bits per heavy atom. The Balaban J connectivity index is 2.14. The number of aromatic nitrogens is 2. The van der Waals surface area contributed by atoms with Crippen LogP contribution in [0.1, 0.15) is 19.5 Å². The van der Waals surface area contributed by atoms with Crippen molar-refractivity contribution in [3.63, 3.8) is 0 Å². The minimum atomic E-state index is -0.117. The van der Waals surface area contributed by atoms with Crippen molar-refractivity contribution in [3.8, 4) is 0 Å². The summed E-state index contributed by atoms with van der Waals surface area (Å²) in [6.45, 7) is 6.30. The highest BCUT2D eigenvalue weighted by Crippen LogP contribution is 2.09. The van der Waals surface area contributed by atoms with Crippen LogP contribution in [0.4, 0.5) is 0 Å². The van der Waals surface area contributed by atoms with E-state index in [1.807, 2.05) is 31.9 Å². The summed E-state index contributed by atoms with van der Waals surface area (Å²) in [5.74, 6) is 0.119. The Labute approximate surface area is 143 Å². The molecule has 0 saturated heterocycles. The normalized spacial score (nSPS) is 12.3. The minimum Gasteiger partial charge on any atom is -0.338 e. The second kappa shape index (κ2) is 7.70. The van der Waals surface area contributed by atoms with Crippen molar-refractivity contribution in [1.82, 2.24) is 14.3 Å². The molecule has 0 aromatic carbocycles. The minimum absolute atomic E-state index is 0.117. The second-order valence-corrected chi connectivity index (χ2v) is 6.45. The summed E-state index contributed by atoms with van der Waals surface area (Å²) in [5, 5.41) is 0. The number of quaternary nitrogens is 1. The number of carbonyl (C=O) groups is 1. The molecule has 23 heavy (non-hydrogen) atoms. The Morgan fingerprint density at radius 3 is 2.70 bits per heavy atom. The molecule has 0 radical (unpaired) electrons. The van der Waals surface area contributed by atoms with Gasteiger partial charge >= 0.3 is 0 Å². The van der Waals surface area contributed by atoms with Crippen molar-refractivity contribution in [2.45, 2.75) is 20.4 Å². The molecule has 124 valence electrons. The highest BCUT2D eigenvalue weighted by atomic mass is 79.9. The second-order valence-electron chi connectivity index (χ2n) is 5.54. The number of nitrogens with one attached hydrogen (secondary N) is 1. The lowest BCUT2D eigenvalue weighted by atomic mass is 10.3. The SMILES string of the molecule is CCN(CC)C(=O)C[NH+](C)Cc1cc(=O)n2cc(Br)ccc2n1. The van der Waals surface area contributed by atoms with Crippen molar-refractivity contribution in [2.24, 2.45) is 0 Å². The van der Waals surface area contributed by atoms with Gasteiger partial charge in [-0.25, -0.2) is 4.98 Å². The van der Waals surface area contributed by atoms with Gasteiger partial charge in [0.25, 0.3) is 11.5 Å². The fraction of sp³-hybridized carbons (Fsp3) is 0.438. The number of pyridine rings is 1. The van der Waals surface area contributed by atoms with Gasteiger partial charge in [-0.2, -0.15) is 0 Å². The van der Waals surface area contributed by atoms with Crippen molar-refractivity contribution in [1.29, 1.82) is 0 Å². The number of hydrogen-bond acceptors (Lipinski definition) is 3. The van der Waals surface area contributed by atoms with E-state index in [0.717, 1.165) is 9.37 Å². The van der Waals surface area contributed by atoms with Gasteiger partial charge in [0.05, 0.1) is 7.05 Å². The molecule has 1 unspecified atom stereocenters. The molecule has 2 rings (SSSR count). The number of hydrogen-bond donors (Lipinski definition) is 1. The maximum absolute atomic E-state index is 12.2. The molecule has 0 aliphatic heterocycles. The molecular formula is C16H22BrN4O2+. The van der Waals surface area contributed by atoms with Crippen LogP contribution in [0.25, 0.3) is 5.65 Å². The van der Waals surface area contributed by atoms with E-state index < -0.39 is 0 Å². The number of likely N-dealkylation sites (N-methyl/N-ethyl adjacent to an activating group) is 2. The summed E-state index contributed by atoms with van der Waals surface area (Å²) in [6.07, 6.45) is 1.70. The van der Waals surface area contributed by atoms with Gasteiger partial charge in [-0.3, -0.25) is 14.0 Å². The summed E-state index contributed by atoms with van der Waals surface area (Å²) in [5.41, 5.74) is 1.19. The zero-order chi connectivity index (χ0) is 17.0. The number of rotatable bonds is 6. The van der Waals surface area contributed by atoms with Crippen molar-refractivity contribution in [2.75, 3.05) is 26.7 Å². The third-order valence-corrected chi connectivity index (χ3v) is 4.20. The molecule has 0 aliphatic carbocycles. The van der Waals surface area contributed by atoms with Crippen LogP contribution in [0, 0.1) is 0 Å². The third-order valence-electron chi connectivity index (χ3n) is 3.73. The quantitative estimate of drug-likeness (QED) is 0.784. The summed E-state index contributed by atoms with van der Waals surface area (Å²) in [6, 6.07) is 5.18. The van der Waals surface area contributed by atoms with Crippen LogP contribution in [0.5, 0.6) is 0 Å². The molecule has 0 fully saturated rings. The van der Waals surface area contributed by atoms with E-state index in [4.69, 9.17) is 0 Å². The standard InChI is InChI=1S/C16H21BrN4O2/c1-4-20(5-2)16(23)11-19(3)10-13-8-15(22)21-9-12(17)6-7-14(21)18-13/h6-9H,4-5,10-11H2,1-3H3/p+1. The topological polar surface area (TPSA) is 59.1 Å². The van der Waals surface area contributed by atoms with E-state index in [1.54, 1.807) is 12.3 Å². The van der Waals surface area contributed by atoms with E-state index in [-0.39, 0.29) is 11.5 Å². The van der Waals surface area contributed by atoms with Crippen molar-refractivity contribution >= 4 is 27.5 Å². The Kier molecular flexibility index (Phi) is 5.90. The van der Waals surface area contributed by atoms with Gasteiger partial charge in [-0.05, 0) is 41.9 Å². The fourth-order valence-electron chi connectivity index (χ4n) is 2.53. The number of carbonyl (C=O) groups excluding carboxylic acids is 1. The van der Waals surface area contributed by atoms with Gasteiger partial charge in [0.1, 0.15) is 17.9 Å². The van der Waals surface area contributed by atoms with Crippen LogP contribution in [0.15, 0.2) is 33.7 Å². The Morgan fingerprint density at radius 1 is 1.35 bits per heavy atom. The van der Waals surface area contributed by atoms with Crippen LogP contribution in [0.3, 0.4) is 0 Å². The van der Waals surface area contributed by atoms with Gasteiger partial charge in [0.15, 0.2) is 6.54 Å². The Hall–Kier alpha value is -1.73. The maximum atomic E-state index is 12.2. The molecule has 0 aliphatic rings. The van der Waals surface area contributed by atoms with Crippen LogP contribution >= 0.6 is 15.9 Å². The molecule has 1 amide bonds. The number of halogens is 1. The van der Waals surface area contributed by atoms with Crippen LogP contribution in [-0.2, 0) is 11.3 Å². The van der Waals surface area contributed by atoms with Crippen LogP contribution in [-0.4, -0.2) is 46.9 Å². The van der Waals surface area contributed by atoms with E-state index in [0.29, 0.717) is 37.5 Å². The molecular weight excluding hydrogens is 360 g/mol. The molecule has 2 aromatic heterocycles. The first kappa shape index (κ1) is 17.6. The summed E-state index contributed by atoms with van der Waals surface area (Å²) in [4.78, 5) is 31.6. The monoisotopic (exact) mass is 381 g/mol. The molecule has 1 atom stereocenters. The molecule has 6 nitrogen and oxygen atoms in total. The van der Waals surface area contributed by atoms with E-state index >= 15 is 0 Å². The molecule has 2 aromatic rings. The van der Waals surface area contributed by atoms with Crippen molar-refractivity contribution < 1.29 is 9.69 Å². The molecule has 1 N–H and O–H groups in total. The zero-order valence-corrected chi connectivity index (χ0v) is 15.3. The number of amides is 1. The van der Waals surface area contributed by atoms with Gasteiger partial charge in [-0.15, -0.1) is 0 Å². The molecule has 7 heteroatoms. The maximum Gasteiger partial charge on any atom is 0.277 e. The first-order valence-corrected chi connectivity index (χ1v) is 8.50. The van der Waals surface area contributed by atoms with E-state index in [2.05, 4.69) is 20.9 Å².